The lowest BCUT2D eigenvalue weighted by atomic mass is 9.79. The molecule has 1 heterocycles. The highest BCUT2D eigenvalue weighted by atomic mass is 32.1. The second-order valence-electron chi connectivity index (χ2n) is 5.39. The molecule has 0 saturated heterocycles. The third-order valence-corrected chi connectivity index (χ3v) is 5.65. The Bertz CT molecular complexity index is 553. The smallest absolute Gasteiger partial charge is 0.104 e. The molecule has 0 bridgehead atoms. The molecule has 0 spiro atoms. The molecular formula is C16H20N2S. The van der Waals surface area contributed by atoms with Gasteiger partial charge in [-0.25, -0.2) is 4.98 Å². The number of nitrogens with zero attached hydrogens (tertiary/aromatic N) is 1. The molecule has 0 unspecified atom stereocenters. The van der Waals surface area contributed by atoms with Crippen molar-refractivity contribution in [2.45, 2.75) is 44.6 Å². The van der Waals surface area contributed by atoms with Crippen molar-refractivity contribution in [1.29, 1.82) is 0 Å². The van der Waals surface area contributed by atoms with E-state index in [1.165, 1.54) is 41.1 Å². The molecule has 1 aliphatic carbocycles. The summed E-state index contributed by atoms with van der Waals surface area (Å²) in [6, 6.07) is 10.9. The Morgan fingerprint density at radius 1 is 1.21 bits per heavy atom. The van der Waals surface area contributed by atoms with Crippen LogP contribution in [0.2, 0.25) is 0 Å². The van der Waals surface area contributed by atoms with Gasteiger partial charge in [0, 0.05) is 16.8 Å². The van der Waals surface area contributed by atoms with Gasteiger partial charge in [0.2, 0.25) is 0 Å². The molecule has 0 aliphatic heterocycles. The number of aryl methyl sites for hydroxylation is 1. The molecule has 0 amide bonds. The molecule has 2 aromatic rings. The molecule has 1 fully saturated rings. The maximum absolute atomic E-state index is 5.81. The summed E-state index contributed by atoms with van der Waals surface area (Å²) in [5.41, 5.74) is 8.49. The summed E-state index contributed by atoms with van der Waals surface area (Å²) in [5, 5.41) is 1.27. The van der Waals surface area contributed by atoms with Crippen molar-refractivity contribution in [3.05, 3.63) is 51.5 Å². The summed E-state index contributed by atoms with van der Waals surface area (Å²) in [7, 11) is 0. The lowest BCUT2D eigenvalue weighted by Crippen LogP contribution is -2.23. The fourth-order valence-corrected chi connectivity index (χ4v) is 4.39. The van der Waals surface area contributed by atoms with Crippen molar-refractivity contribution in [2.24, 2.45) is 5.73 Å². The van der Waals surface area contributed by atoms with Crippen LogP contribution in [-0.4, -0.2) is 4.98 Å². The molecule has 1 aromatic heterocycles. The van der Waals surface area contributed by atoms with E-state index in [4.69, 9.17) is 10.7 Å². The van der Waals surface area contributed by atoms with Gasteiger partial charge in [-0.1, -0.05) is 43.2 Å². The first-order valence-electron chi connectivity index (χ1n) is 6.99. The second-order valence-corrected chi connectivity index (χ2v) is 6.47. The minimum absolute atomic E-state index is 0.143. The van der Waals surface area contributed by atoms with Crippen LogP contribution in [0.25, 0.3) is 0 Å². The monoisotopic (exact) mass is 272 g/mol. The summed E-state index contributed by atoms with van der Waals surface area (Å²) >= 11 is 1.81. The number of nitrogens with two attached hydrogens (primary N) is 1. The zero-order valence-electron chi connectivity index (χ0n) is 11.4. The Labute approximate surface area is 118 Å². The van der Waals surface area contributed by atoms with Crippen LogP contribution in [0.5, 0.6) is 0 Å². The Hall–Kier alpha value is -1.19. The van der Waals surface area contributed by atoms with Gasteiger partial charge in [-0.05, 0) is 25.3 Å². The van der Waals surface area contributed by atoms with Crippen LogP contribution in [-0.2, 0) is 12.0 Å². The normalized spacial score (nSPS) is 17.8. The van der Waals surface area contributed by atoms with Crippen molar-refractivity contribution in [3.8, 4) is 0 Å². The molecular weight excluding hydrogens is 252 g/mol. The van der Waals surface area contributed by atoms with E-state index in [1.54, 1.807) is 0 Å². The highest BCUT2D eigenvalue weighted by molar-refractivity contribution is 7.12. The van der Waals surface area contributed by atoms with Gasteiger partial charge in [0.1, 0.15) is 5.01 Å². The van der Waals surface area contributed by atoms with Gasteiger partial charge in [0.05, 0.1) is 5.69 Å². The largest absolute Gasteiger partial charge is 0.326 e. The fraction of sp³-hybridized carbons (Fsp3) is 0.438. The van der Waals surface area contributed by atoms with Gasteiger partial charge >= 0.3 is 0 Å². The van der Waals surface area contributed by atoms with Crippen LogP contribution in [0.3, 0.4) is 0 Å². The number of benzene rings is 1. The maximum Gasteiger partial charge on any atom is 0.104 e. The minimum Gasteiger partial charge on any atom is -0.326 e. The molecule has 0 atom stereocenters. The summed E-state index contributed by atoms with van der Waals surface area (Å²) in [5.74, 6) is 0. The van der Waals surface area contributed by atoms with Crippen molar-refractivity contribution in [3.63, 3.8) is 0 Å². The number of rotatable bonds is 3. The van der Waals surface area contributed by atoms with Crippen LogP contribution < -0.4 is 5.73 Å². The van der Waals surface area contributed by atoms with E-state index in [9.17, 15) is 0 Å². The standard InChI is InChI=1S/C16H20N2S/c1-12-14(11-17)19-15(18-12)16(9-5-6-10-16)13-7-3-2-4-8-13/h2-4,7-8H,5-6,9-11,17H2,1H3. The Morgan fingerprint density at radius 3 is 2.47 bits per heavy atom. The zero-order chi connectivity index (χ0) is 13.3. The van der Waals surface area contributed by atoms with E-state index in [0.29, 0.717) is 6.54 Å². The molecule has 0 radical (unpaired) electrons. The summed E-state index contributed by atoms with van der Waals surface area (Å²) in [6.07, 6.45) is 5.03. The average molecular weight is 272 g/mol. The van der Waals surface area contributed by atoms with E-state index in [1.807, 2.05) is 11.3 Å². The molecule has 3 heteroatoms. The predicted molar refractivity (Wildman–Crippen MR) is 80.4 cm³/mol. The molecule has 1 aromatic carbocycles. The van der Waals surface area contributed by atoms with Crippen LogP contribution >= 0.6 is 11.3 Å². The molecule has 19 heavy (non-hydrogen) atoms. The topological polar surface area (TPSA) is 38.9 Å². The van der Waals surface area contributed by atoms with E-state index < -0.39 is 0 Å². The SMILES string of the molecule is Cc1nc(C2(c3ccccc3)CCCC2)sc1CN. The van der Waals surface area contributed by atoms with Crippen LogP contribution in [0, 0.1) is 6.92 Å². The minimum atomic E-state index is 0.143. The number of hydrogen-bond donors (Lipinski definition) is 1. The first-order valence-corrected chi connectivity index (χ1v) is 7.80. The third kappa shape index (κ3) is 2.11. The Balaban J connectivity index is 2.10. The van der Waals surface area contributed by atoms with Gasteiger partial charge in [0.25, 0.3) is 0 Å². The van der Waals surface area contributed by atoms with Crippen molar-refractivity contribution < 1.29 is 0 Å². The van der Waals surface area contributed by atoms with Crippen molar-refractivity contribution in [1.82, 2.24) is 4.98 Å². The molecule has 1 saturated carbocycles. The van der Waals surface area contributed by atoms with Gasteiger partial charge in [-0.3, -0.25) is 0 Å². The Morgan fingerprint density at radius 2 is 1.89 bits per heavy atom. The van der Waals surface area contributed by atoms with E-state index in [2.05, 4.69) is 37.3 Å². The Kier molecular flexibility index (Phi) is 3.42. The maximum atomic E-state index is 5.81. The lowest BCUT2D eigenvalue weighted by molar-refractivity contribution is 0.531. The van der Waals surface area contributed by atoms with Crippen molar-refractivity contribution >= 4 is 11.3 Å². The summed E-state index contributed by atoms with van der Waals surface area (Å²) < 4.78 is 0. The predicted octanol–water partition coefficient (Wildman–Crippen LogP) is 3.77. The third-order valence-electron chi connectivity index (χ3n) is 4.27. The average Bonchev–Trinajstić information content (AvgIpc) is 3.07. The van der Waals surface area contributed by atoms with Gasteiger partial charge in [0.15, 0.2) is 0 Å². The van der Waals surface area contributed by atoms with Crippen LogP contribution in [0.15, 0.2) is 30.3 Å². The zero-order valence-corrected chi connectivity index (χ0v) is 12.2. The fourth-order valence-electron chi connectivity index (χ4n) is 3.18. The van der Waals surface area contributed by atoms with Gasteiger partial charge < -0.3 is 5.73 Å². The first-order chi connectivity index (χ1) is 9.26. The summed E-state index contributed by atoms with van der Waals surface area (Å²) in [6.45, 7) is 2.68. The number of aromatic nitrogens is 1. The number of hydrogen-bond acceptors (Lipinski definition) is 3. The highest BCUT2D eigenvalue weighted by Crippen LogP contribution is 2.47. The lowest BCUT2D eigenvalue weighted by Gasteiger charge is -2.27. The molecule has 3 rings (SSSR count). The molecule has 1 aliphatic rings. The first kappa shape index (κ1) is 12.8. The summed E-state index contributed by atoms with van der Waals surface area (Å²) in [4.78, 5) is 6.08. The van der Waals surface area contributed by atoms with Crippen LogP contribution in [0.4, 0.5) is 0 Å². The van der Waals surface area contributed by atoms with Crippen LogP contribution in [0.1, 0.15) is 46.8 Å². The second kappa shape index (κ2) is 5.06. The van der Waals surface area contributed by atoms with E-state index in [0.717, 1.165) is 5.69 Å². The van der Waals surface area contributed by atoms with Crippen molar-refractivity contribution in [2.75, 3.05) is 0 Å². The van der Waals surface area contributed by atoms with E-state index in [-0.39, 0.29) is 5.41 Å². The highest BCUT2D eigenvalue weighted by Gasteiger charge is 2.40. The quantitative estimate of drug-likeness (QED) is 0.923. The number of thiazole rings is 1. The van der Waals surface area contributed by atoms with Gasteiger partial charge in [-0.15, -0.1) is 11.3 Å². The molecule has 2 N–H and O–H groups in total. The molecule has 2 nitrogen and oxygen atoms in total. The van der Waals surface area contributed by atoms with Gasteiger partial charge in [-0.2, -0.15) is 0 Å². The van der Waals surface area contributed by atoms with E-state index >= 15 is 0 Å². The molecule has 100 valence electrons.